The van der Waals surface area contributed by atoms with Crippen LogP contribution in [0.5, 0.6) is 0 Å². The number of anilines is 2. The van der Waals surface area contributed by atoms with Crippen LogP contribution in [-0.2, 0) is 5.41 Å². The molecule has 1 N–H and O–H groups in total. The van der Waals surface area contributed by atoms with Gasteiger partial charge in [-0.1, -0.05) is 39.0 Å². The number of hydrogen-bond donors (Lipinski definition) is 1. The summed E-state index contributed by atoms with van der Waals surface area (Å²) >= 11 is 0. The normalized spacial score (nSPS) is 11.7. The van der Waals surface area contributed by atoms with Gasteiger partial charge < -0.3 is 5.32 Å². The van der Waals surface area contributed by atoms with Crippen molar-refractivity contribution in [1.29, 1.82) is 0 Å². The van der Waals surface area contributed by atoms with E-state index in [0.29, 0.717) is 11.5 Å². The van der Waals surface area contributed by atoms with E-state index in [-0.39, 0.29) is 11.0 Å². The fourth-order valence-electron chi connectivity index (χ4n) is 2.65. The molecule has 2 aromatic heterocycles. The molecular formula is C19H21N3O. The summed E-state index contributed by atoms with van der Waals surface area (Å²) in [5.41, 5.74) is 3.80. The Morgan fingerprint density at radius 1 is 1.09 bits per heavy atom. The van der Waals surface area contributed by atoms with Crippen LogP contribution in [0.25, 0.3) is 5.65 Å². The van der Waals surface area contributed by atoms with Crippen LogP contribution in [0, 0.1) is 6.92 Å². The highest BCUT2D eigenvalue weighted by atomic mass is 16.1. The van der Waals surface area contributed by atoms with E-state index in [9.17, 15) is 4.79 Å². The number of para-hydroxylation sites is 1. The standard InChI is InChI=1S/C19H21N3O/c1-13-9-10-22-17(11-13)21-16(12-18(22)23)20-15-8-6-5-7-14(15)19(2,3)4/h5-12,20H,1-4H3. The lowest BCUT2D eigenvalue weighted by atomic mass is 9.86. The fourth-order valence-corrected chi connectivity index (χ4v) is 2.65. The Labute approximate surface area is 135 Å². The zero-order valence-electron chi connectivity index (χ0n) is 13.9. The van der Waals surface area contributed by atoms with Gasteiger partial charge in [0, 0.05) is 18.0 Å². The number of pyridine rings is 1. The molecule has 0 amide bonds. The van der Waals surface area contributed by atoms with Gasteiger partial charge in [0.15, 0.2) is 0 Å². The summed E-state index contributed by atoms with van der Waals surface area (Å²) in [4.78, 5) is 16.8. The van der Waals surface area contributed by atoms with Gasteiger partial charge in [0.25, 0.3) is 5.56 Å². The third-order valence-electron chi connectivity index (χ3n) is 3.82. The monoisotopic (exact) mass is 307 g/mol. The second-order valence-electron chi connectivity index (χ2n) is 6.83. The molecular weight excluding hydrogens is 286 g/mol. The van der Waals surface area contributed by atoms with Crippen LogP contribution in [0.4, 0.5) is 11.5 Å². The molecule has 3 aromatic rings. The summed E-state index contributed by atoms with van der Waals surface area (Å²) in [6.45, 7) is 8.49. The van der Waals surface area contributed by atoms with Gasteiger partial charge in [-0.25, -0.2) is 4.98 Å². The quantitative estimate of drug-likeness (QED) is 0.777. The minimum absolute atomic E-state index is 0.00603. The van der Waals surface area contributed by atoms with Gasteiger partial charge in [0.05, 0.1) is 0 Å². The number of rotatable bonds is 2. The van der Waals surface area contributed by atoms with Crippen molar-refractivity contribution in [2.45, 2.75) is 33.1 Å². The Balaban J connectivity index is 2.08. The largest absolute Gasteiger partial charge is 0.340 e. The maximum absolute atomic E-state index is 12.3. The minimum Gasteiger partial charge on any atom is -0.340 e. The predicted molar refractivity (Wildman–Crippen MR) is 94.6 cm³/mol. The maximum Gasteiger partial charge on any atom is 0.259 e. The number of aromatic nitrogens is 2. The molecule has 0 unspecified atom stereocenters. The first-order valence-corrected chi connectivity index (χ1v) is 7.71. The molecule has 0 spiro atoms. The number of benzene rings is 1. The highest BCUT2D eigenvalue weighted by molar-refractivity contribution is 5.63. The molecule has 0 atom stereocenters. The lowest BCUT2D eigenvalue weighted by Crippen LogP contribution is -2.17. The van der Waals surface area contributed by atoms with Crippen molar-refractivity contribution in [3.63, 3.8) is 0 Å². The Morgan fingerprint density at radius 3 is 2.57 bits per heavy atom. The van der Waals surface area contributed by atoms with E-state index in [0.717, 1.165) is 11.3 Å². The average molecular weight is 307 g/mol. The van der Waals surface area contributed by atoms with Crippen LogP contribution in [0.1, 0.15) is 31.9 Å². The predicted octanol–water partition coefficient (Wildman–Crippen LogP) is 4.04. The van der Waals surface area contributed by atoms with Crippen LogP contribution in [-0.4, -0.2) is 9.38 Å². The smallest absolute Gasteiger partial charge is 0.259 e. The third kappa shape index (κ3) is 3.11. The van der Waals surface area contributed by atoms with Crippen LogP contribution in [0.3, 0.4) is 0 Å². The van der Waals surface area contributed by atoms with Gasteiger partial charge in [-0.15, -0.1) is 0 Å². The van der Waals surface area contributed by atoms with E-state index in [1.165, 1.54) is 11.6 Å². The zero-order chi connectivity index (χ0) is 16.6. The average Bonchev–Trinajstić information content (AvgIpc) is 2.46. The number of fused-ring (bicyclic) bond motifs is 1. The molecule has 118 valence electrons. The topological polar surface area (TPSA) is 46.4 Å². The first-order chi connectivity index (χ1) is 10.8. The molecule has 4 nitrogen and oxygen atoms in total. The van der Waals surface area contributed by atoms with Gasteiger partial charge in [0.2, 0.25) is 0 Å². The number of aryl methyl sites for hydroxylation is 1. The summed E-state index contributed by atoms with van der Waals surface area (Å²) in [6, 6.07) is 13.5. The van der Waals surface area contributed by atoms with Gasteiger partial charge >= 0.3 is 0 Å². The van der Waals surface area contributed by atoms with Crippen LogP contribution in [0.15, 0.2) is 53.5 Å². The van der Waals surface area contributed by atoms with Gasteiger partial charge in [-0.3, -0.25) is 9.20 Å². The van der Waals surface area contributed by atoms with Crippen molar-refractivity contribution < 1.29 is 0 Å². The van der Waals surface area contributed by atoms with E-state index in [2.05, 4.69) is 37.1 Å². The van der Waals surface area contributed by atoms with Gasteiger partial charge in [0.1, 0.15) is 11.5 Å². The van der Waals surface area contributed by atoms with Crippen molar-refractivity contribution >= 4 is 17.2 Å². The molecule has 2 heterocycles. The highest BCUT2D eigenvalue weighted by Gasteiger charge is 2.17. The lowest BCUT2D eigenvalue weighted by Gasteiger charge is -2.23. The maximum atomic E-state index is 12.3. The molecule has 23 heavy (non-hydrogen) atoms. The highest BCUT2D eigenvalue weighted by Crippen LogP contribution is 2.30. The summed E-state index contributed by atoms with van der Waals surface area (Å²) < 4.78 is 1.55. The van der Waals surface area contributed by atoms with E-state index < -0.39 is 0 Å². The van der Waals surface area contributed by atoms with Crippen molar-refractivity contribution in [3.05, 3.63) is 70.1 Å². The van der Waals surface area contributed by atoms with Crippen molar-refractivity contribution in [2.75, 3.05) is 5.32 Å². The molecule has 0 saturated heterocycles. The zero-order valence-corrected chi connectivity index (χ0v) is 13.9. The van der Waals surface area contributed by atoms with Crippen molar-refractivity contribution in [1.82, 2.24) is 9.38 Å². The number of nitrogens with zero attached hydrogens (tertiary/aromatic N) is 2. The fraction of sp³-hybridized carbons (Fsp3) is 0.263. The number of nitrogens with one attached hydrogen (secondary N) is 1. The molecule has 0 radical (unpaired) electrons. The Morgan fingerprint density at radius 2 is 1.83 bits per heavy atom. The van der Waals surface area contributed by atoms with E-state index >= 15 is 0 Å². The van der Waals surface area contributed by atoms with Crippen LogP contribution >= 0.6 is 0 Å². The number of hydrogen-bond acceptors (Lipinski definition) is 3. The Kier molecular flexibility index (Phi) is 3.68. The van der Waals surface area contributed by atoms with Crippen molar-refractivity contribution in [2.24, 2.45) is 0 Å². The molecule has 0 aliphatic rings. The molecule has 4 heteroatoms. The Bertz CT molecular complexity index is 920. The molecule has 1 aromatic carbocycles. The molecule has 0 bridgehead atoms. The molecule has 0 fully saturated rings. The second-order valence-corrected chi connectivity index (χ2v) is 6.83. The summed E-state index contributed by atoms with van der Waals surface area (Å²) in [6.07, 6.45) is 1.76. The lowest BCUT2D eigenvalue weighted by molar-refractivity contribution is 0.592. The van der Waals surface area contributed by atoms with Gasteiger partial charge in [-0.2, -0.15) is 0 Å². The molecule has 0 aliphatic carbocycles. The third-order valence-corrected chi connectivity index (χ3v) is 3.82. The SMILES string of the molecule is Cc1ccn2c(=O)cc(Nc3ccccc3C(C)(C)C)nc2c1. The summed E-state index contributed by atoms with van der Waals surface area (Å²) in [7, 11) is 0. The summed E-state index contributed by atoms with van der Waals surface area (Å²) in [5.74, 6) is 0.567. The van der Waals surface area contributed by atoms with Crippen molar-refractivity contribution in [3.8, 4) is 0 Å². The Hall–Kier alpha value is -2.62. The first kappa shape index (κ1) is 15.3. The molecule has 0 saturated carbocycles. The molecule has 3 rings (SSSR count). The van der Waals surface area contributed by atoms with Crippen LogP contribution < -0.4 is 10.9 Å². The second kappa shape index (κ2) is 5.54. The molecule has 0 aliphatic heterocycles. The first-order valence-electron chi connectivity index (χ1n) is 7.71. The summed E-state index contributed by atoms with van der Waals surface area (Å²) in [5, 5.41) is 3.31. The van der Waals surface area contributed by atoms with E-state index in [1.54, 1.807) is 10.6 Å². The van der Waals surface area contributed by atoms with Gasteiger partial charge in [-0.05, 0) is 41.7 Å². The van der Waals surface area contributed by atoms with E-state index in [1.807, 2.05) is 37.3 Å². The van der Waals surface area contributed by atoms with E-state index in [4.69, 9.17) is 0 Å². The van der Waals surface area contributed by atoms with Crippen LogP contribution in [0.2, 0.25) is 0 Å². The minimum atomic E-state index is -0.0919.